The quantitative estimate of drug-likeness (QED) is 0.845. The van der Waals surface area contributed by atoms with Crippen molar-refractivity contribution in [2.24, 2.45) is 5.92 Å². The van der Waals surface area contributed by atoms with Crippen LogP contribution < -0.4 is 10.6 Å². The van der Waals surface area contributed by atoms with Crippen LogP contribution in [-0.4, -0.2) is 16.8 Å². The highest BCUT2D eigenvalue weighted by Crippen LogP contribution is 2.22. The molecule has 0 bridgehead atoms. The van der Waals surface area contributed by atoms with Crippen LogP contribution in [0, 0.1) is 5.92 Å². The molecule has 0 fully saturated rings. The highest BCUT2D eigenvalue weighted by molar-refractivity contribution is 6.04. The lowest BCUT2D eigenvalue weighted by molar-refractivity contribution is -0.120. The highest BCUT2D eigenvalue weighted by atomic mass is 16.2. The summed E-state index contributed by atoms with van der Waals surface area (Å²) in [5.74, 6) is -0.192. The molecule has 0 aliphatic heterocycles. The van der Waals surface area contributed by atoms with E-state index in [-0.39, 0.29) is 17.7 Å². The van der Waals surface area contributed by atoms with Crippen molar-refractivity contribution >= 4 is 23.2 Å². The van der Waals surface area contributed by atoms with Gasteiger partial charge in [0.15, 0.2) is 0 Å². The van der Waals surface area contributed by atoms with E-state index in [1.54, 1.807) is 36.5 Å². The Morgan fingerprint density at radius 3 is 2.58 bits per heavy atom. The van der Waals surface area contributed by atoms with Crippen LogP contribution in [0.3, 0.4) is 0 Å². The second kappa shape index (κ2) is 7.55. The lowest BCUT2D eigenvalue weighted by Gasteiger charge is -2.17. The van der Waals surface area contributed by atoms with Gasteiger partial charge in [0, 0.05) is 29.7 Å². The van der Waals surface area contributed by atoms with E-state index in [2.05, 4.69) is 27.8 Å². The van der Waals surface area contributed by atoms with Crippen molar-refractivity contribution < 1.29 is 9.59 Å². The third kappa shape index (κ3) is 4.07. The number of aromatic nitrogens is 1. The highest BCUT2D eigenvalue weighted by Gasteiger charge is 2.18. The van der Waals surface area contributed by atoms with Gasteiger partial charge in [-0.05, 0) is 49.6 Å². The summed E-state index contributed by atoms with van der Waals surface area (Å²) in [6, 6.07) is 10.6. The lowest BCUT2D eigenvalue weighted by Crippen LogP contribution is -2.23. The molecule has 24 heavy (non-hydrogen) atoms. The molecule has 0 radical (unpaired) electrons. The van der Waals surface area contributed by atoms with Gasteiger partial charge < -0.3 is 10.6 Å². The number of anilines is 2. The molecule has 1 aliphatic carbocycles. The monoisotopic (exact) mass is 321 g/mol. The molecule has 1 aromatic carbocycles. The second-order valence-electron chi connectivity index (χ2n) is 5.75. The number of nitrogens with one attached hydrogen (secondary N) is 2. The standard InChI is InChI=1S/C19H19N3O2/c23-18(14-6-2-1-3-7-14)21-16-9-4-10-17(12-16)22-19(24)15-8-5-11-20-13-15/h1-2,4-5,8-14H,3,6-7H2,(H,21,23)(H,22,24)/t14-/m0/s1. The molecule has 2 amide bonds. The number of amides is 2. The van der Waals surface area contributed by atoms with Crippen LogP contribution in [-0.2, 0) is 4.79 Å². The number of hydrogen-bond donors (Lipinski definition) is 2. The van der Waals surface area contributed by atoms with Crippen LogP contribution in [0.25, 0.3) is 0 Å². The number of carbonyl (C=O) groups is 2. The fourth-order valence-electron chi connectivity index (χ4n) is 2.65. The fourth-order valence-corrected chi connectivity index (χ4v) is 2.65. The minimum atomic E-state index is -0.232. The van der Waals surface area contributed by atoms with Crippen LogP contribution in [0.1, 0.15) is 29.6 Å². The van der Waals surface area contributed by atoms with Gasteiger partial charge in [-0.2, -0.15) is 0 Å². The maximum Gasteiger partial charge on any atom is 0.257 e. The molecule has 1 heterocycles. The zero-order valence-electron chi connectivity index (χ0n) is 13.2. The number of hydrogen-bond acceptors (Lipinski definition) is 3. The molecule has 1 aromatic heterocycles. The molecule has 1 aliphatic rings. The predicted octanol–water partition coefficient (Wildman–Crippen LogP) is 3.63. The van der Waals surface area contributed by atoms with Gasteiger partial charge >= 0.3 is 0 Å². The summed E-state index contributed by atoms with van der Waals surface area (Å²) in [6.07, 6.45) is 9.89. The molecule has 3 rings (SSSR count). The Morgan fingerprint density at radius 1 is 1.04 bits per heavy atom. The van der Waals surface area contributed by atoms with Crippen molar-refractivity contribution in [3.63, 3.8) is 0 Å². The first-order chi connectivity index (χ1) is 11.7. The Labute approximate surface area is 140 Å². The number of benzene rings is 1. The summed E-state index contributed by atoms with van der Waals surface area (Å²) < 4.78 is 0. The Balaban J connectivity index is 1.64. The average Bonchev–Trinajstić information content (AvgIpc) is 2.63. The van der Waals surface area contributed by atoms with Crippen LogP contribution in [0.2, 0.25) is 0 Å². The first-order valence-electron chi connectivity index (χ1n) is 8.00. The van der Waals surface area contributed by atoms with Gasteiger partial charge in [0.1, 0.15) is 0 Å². The molecule has 122 valence electrons. The Hall–Kier alpha value is -2.95. The van der Waals surface area contributed by atoms with Crippen molar-refractivity contribution in [3.05, 3.63) is 66.5 Å². The number of allylic oxidation sites excluding steroid dienone is 2. The topological polar surface area (TPSA) is 71.1 Å². The average molecular weight is 321 g/mol. The van der Waals surface area contributed by atoms with Gasteiger partial charge in [0.25, 0.3) is 5.91 Å². The molecule has 5 nitrogen and oxygen atoms in total. The number of carbonyl (C=O) groups excluding carboxylic acids is 2. The van der Waals surface area contributed by atoms with Crippen LogP contribution >= 0.6 is 0 Å². The summed E-state index contributed by atoms with van der Waals surface area (Å²) >= 11 is 0. The van der Waals surface area contributed by atoms with Crippen molar-refractivity contribution in [1.29, 1.82) is 0 Å². The third-order valence-electron chi connectivity index (χ3n) is 3.95. The molecular formula is C19H19N3O2. The summed E-state index contributed by atoms with van der Waals surface area (Å²) in [4.78, 5) is 28.4. The van der Waals surface area contributed by atoms with Gasteiger partial charge in [-0.3, -0.25) is 14.6 Å². The molecule has 2 aromatic rings. The molecule has 2 N–H and O–H groups in total. The van der Waals surface area contributed by atoms with Crippen molar-refractivity contribution in [3.8, 4) is 0 Å². The number of rotatable bonds is 4. The lowest BCUT2D eigenvalue weighted by atomic mass is 9.93. The maximum atomic E-state index is 12.3. The largest absolute Gasteiger partial charge is 0.326 e. The molecule has 0 saturated heterocycles. The Bertz CT molecular complexity index is 756. The first-order valence-corrected chi connectivity index (χ1v) is 8.00. The summed E-state index contributed by atoms with van der Waals surface area (Å²) in [5.41, 5.74) is 1.80. The summed E-state index contributed by atoms with van der Waals surface area (Å²) in [7, 11) is 0. The predicted molar refractivity (Wildman–Crippen MR) is 93.7 cm³/mol. The van der Waals surface area contributed by atoms with Gasteiger partial charge in [0.2, 0.25) is 5.91 Å². The van der Waals surface area contributed by atoms with Gasteiger partial charge in [-0.25, -0.2) is 0 Å². The maximum absolute atomic E-state index is 12.3. The van der Waals surface area contributed by atoms with E-state index in [0.29, 0.717) is 16.9 Å². The normalized spacial score (nSPS) is 16.4. The van der Waals surface area contributed by atoms with Crippen molar-refractivity contribution in [2.75, 3.05) is 10.6 Å². The van der Waals surface area contributed by atoms with Crippen LogP contribution in [0.5, 0.6) is 0 Å². The molecule has 0 unspecified atom stereocenters. The molecule has 1 atom stereocenters. The molecule has 0 saturated carbocycles. The van der Waals surface area contributed by atoms with E-state index in [1.807, 2.05) is 6.07 Å². The summed E-state index contributed by atoms with van der Waals surface area (Å²) in [5, 5.41) is 5.74. The van der Waals surface area contributed by atoms with Crippen LogP contribution in [0.15, 0.2) is 60.9 Å². The summed E-state index contributed by atoms with van der Waals surface area (Å²) in [6.45, 7) is 0. The van der Waals surface area contributed by atoms with E-state index in [1.165, 1.54) is 6.20 Å². The van der Waals surface area contributed by atoms with E-state index < -0.39 is 0 Å². The molecular weight excluding hydrogens is 302 g/mol. The van der Waals surface area contributed by atoms with E-state index in [0.717, 1.165) is 19.3 Å². The van der Waals surface area contributed by atoms with Gasteiger partial charge in [-0.15, -0.1) is 0 Å². The van der Waals surface area contributed by atoms with E-state index in [4.69, 9.17) is 0 Å². The zero-order valence-corrected chi connectivity index (χ0v) is 13.2. The number of pyridine rings is 1. The SMILES string of the molecule is O=C(Nc1cccc(NC(=O)[C@H]2CC=CCC2)c1)c1cccnc1. The minimum Gasteiger partial charge on any atom is -0.326 e. The number of nitrogens with zero attached hydrogens (tertiary/aromatic N) is 1. The molecule has 0 spiro atoms. The smallest absolute Gasteiger partial charge is 0.257 e. The zero-order chi connectivity index (χ0) is 16.8. The third-order valence-corrected chi connectivity index (χ3v) is 3.95. The Kier molecular flexibility index (Phi) is 5.01. The van der Waals surface area contributed by atoms with E-state index >= 15 is 0 Å². The van der Waals surface area contributed by atoms with Crippen LogP contribution in [0.4, 0.5) is 11.4 Å². The Morgan fingerprint density at radius 2 is 1.88 bits per heavy atom. The van der Waals surface area contributed by atoms with Crippen molar-refractivity contribution in [1.82, 2.24) is 4.98 Å². The first kappa shape index (κ1) is 15.9. The second-order valence-corrected chi connectivity index (χ2v) is 5.75. The molecule has 5 heteroatoms. The van der Waals surface area contributed by atoms with Gasteiger partial charge in [0.05, 0.1) is 5.56 Å². The van der Waals surface area contributed by atoms with E-state index in [9.17, 15) is 9.59 Å². The van der Waals surface area contributed by atoms with Crippen molar-refractivity contribution in [2.45, 2.75) is 19.3 Å². The van der Waals surface area contributed by atoms with Gasteiger partial charge in [-0.1, -0.05) is 18.2 Å². The fraction of sp³-hybridized carbons (Fsp3) is 0.211. The minimum absolute atomic E-state index is 0.0173.